The third-order valence-corrected chi connectivity index (χ3v) is 11.9. The molecule has 0 saturated heterocycles. The SMILES string of the molecule is COc1cc2c3cc(Br)sc3c3cc4c(cc3c2s1)c1sc(Br)cc1c1cc(Br)sc14. The Kier molecular flexibility index (Phi) is 4.38. The fourth-order valence-corrected chi connectivity index (χ4v) is 10.5. The maximum Gasteiger partial charge on any atom is 0.174 e. The van der Waals surface area contributed by atoms with E-state index in [-0.39, 0.29) is 0 Å². The monoisotopic (exact) mass is 666 g/mol. The van der Waals surface area contributed by atoms with Crippen LogP contribution in [0.4, 0.5) is 0 Å². The lowest BCUT2D eigenvalue weighted by molar-refractivity contribution is 0.427. The van der Waals surface area contributed by atoms with Crippen LogP contribution in [0.25, 0.3) is 61.9 Å². The molecule has 0 aliphatic heterocycles. The first kappa shape index (κ1) is 19.7. The first-order valence-electron chi connectivity index (χ1n) is 9.28. The summed E-state index contributed by atoms with van der Waals surface area (Å²) in [5.41, 5.74) is 0. The second-order valence-electron chi connectivity index (χ2n) is 7.34. The molecule has 0 N–H and O–H groups in total. The Labute approximate surface area is 217 Å². The van der Waals surface area contributed by atoms with Crippen LogP contribution in [0.2, 0.25) is 0 Å². The highest BCUT2D eigenvalue weighted by Crippen LogP contribution is 2.50. The molecule has 0 aliphatic carbocycles. The summed E-state index contributed by atoms with van der Waals surface area (Å²) in [4.78, 5) is 0. The molecule has 7 rings (SSSR count). The van der Waals surface area contributed by atoms with Gasteiger partial charge in [-0.3, -0.25) is 0 Å². The molecule has 0 saturated carbocycles. The molecule has 0 fully saturated rings. The predicted octanol–water partition coefficient (Wildman–Crippen LogP) is 11.1. The fraction of sp³-hybridized carbons (Fsp3) is 0.0435. The van der Waals surface area contributed by atoms with Crippen molar-refractivity contribution in [2.75, 3.05) is 7.11 Å². The van der Waals surface area contributed by atoms with Crippen molar-refractivity contribution in [3.8, 4) is 5.06 Å². The first-order valence-corrected chi connectivity index (χ1v) is 14.9. The van der Waals surface area contributed by atoms with Crippen molar-refractivity contribution >= 4 is 155 Å². The van der Waals surface area contributed by atoms with Gasteiger partial charge in [-0.05, 0) is 78.1 Å². The number of methoxy groups -OCH3 is 1. The van der Waals surface area contributed by atoms with Gasteiger partial charge in [-0.25, -0.2) is 0 Å². The molecule has 0 spiro atoms. The van der Waals surface area contributed by atoms with Crippen molar-refractivity contribution in [1.29, 1.82) is 0 Å². The molecule has 3 aromatic carbocycles. The minimum atomic E-state index is 0.952. The van der Waals surface area contributed by atoms with Gasteiger partial charge < -0.3 is 4.74 Å². The van der Waals surface area contributed by atoms with Crippen molar-refractivity contribution in [1.82, 2.24) is 0 Å². The summed E-state index contributed by atoms with van der Waals surface area (Å²) in [6.07, 6.45) is 0. The molecular weight excluding hydrogens is 660 g/mol. The average Bonchev–Trinajstić information content (AvgIpc) is 3.50. The van der Waals surface area contributed by atoms with E-state index in [2.05, 4.69) is 84.2 Å². The molecule has 7 aromatic rings. The van der Waals surface area contributed by atoms with Crippen LogP contribution < -0.4 is 4.74 Å². The Morgan fingerprint density at radius 2 is 0.806 bits per heavy atom. The fourth-order valence-electron chi connectivity index (χ4n) is 4.50. The second-order valence-corrected chi connectivity index (χ2v) is 15.6. The van der Waals surface area contributed by atoms with Gasteiger partial charge in [-0.15, -0.1) is 34.0 Å². The Bertz CT molecular complexity index is 1870. The summed E-state index contributed by atoms with van der Waals surface area (Å²) in [5.74, 6) is 0. The number of halogens is 3. The molecule has 4 aromatic heterocycles. The number of ether oxygens (including phenoxy) is 1. The summed E-state index contributed by atoms with van der Waals surface area (Å²) in [5, 5.41) is 11.4. The van der Waals surface area contributed by atoms with Crippen LogP contribution >= 0.6 is 93.1 Å². The van der Waals surface area contributed by atoms with Crippen molar-refractivity contribution < 1.29 is 4.74 Å². The van der Waals surface area contributed by atoms with E-state index in [4.69, 9.17) is 4.74 Å². The summed E-state index contributed by atoms with van der Waals surface area (Å²) in [6, 6.07) is 13.8. The van der Waals surface area contributed by atoms with Crippen LogP contribution in [0.5, 0.6) is 5.06 Å². The van der Waals surface area contributed by atoms with Gasteiger partial charge >= 0.3 is 0 Å². The van der Waals surface area contributed by atoms with Gasteiger partial charge in [-0.1, -0.05) is 11.3 Å². The quantitative estimate of drug-likeness (QED) is 0.158. The maximum absolute atomic E-state index is 5.63. The molecule has 31 heavy (non-hydrogen) atoms. The topological polar surface area (TPSA) is 9.23 Å². The van der Waals surface area contributed by atoms with Crippen molar-refractivity contribution in [2.24, 2.45) is 0 Å². The van der Waals surface area contributed by atoms with Gasteiger partial charge in [0.25, 0.3) is 0 Å². The third kappa shape index (κ3) is 2.73. The number of benzene rings is 3. The smallest absolute Gasteiger partial charge is 0.174 e. The Morgan fingerprint density at radius 3 is 1.19 bits per heavy atom. The second kappa shape index (κ2) is 6.88. The van der Waals surface area contributed by atoms with Gasteiger partial charge in [0.2, 0.25) is 0 Å². The minimum absolute atomic E-state index is 0.952. The molecule has 8 heteroatoms. The van der Waals surface area contributed by atoms with Crippen molar-refractivity contribution in [2.45, 2.75) is 0 Å². The zero-order valence-corrected chi connectivity index (χ0v) is 23.7. The van der Waals surface area contributed by atoms with Crippen LogP contribution in [0.1, 0.15) is 0 Å². The lowest BCUT2D eigenvalue weighted by atomic mass is 9.98. The van der Waals surface area contributed by atoms with E-state index in [1.165, 1.54) is 69.5 Å². The molecule has 0 radical (unpaired) electrons. The highest BCUT2D eigenvalue weighted by molar-refractivity contribution is 9.11. The number of rotatable bonds is 1. The van der Waals surface area contributed by atoms with Gasteiger partial charge in [0.1, 0.15) is 0 Å². The van der Waals surface area contributed by atoms with Crippen LogP contribution in [0.3, 0.4) is 0 Å². The standard InChI is InChI=1S/C23H9Br3OS4/c1-27-19-7-15-14-6-18(26)30-22(14)10-2-8-9(3-11(10)23(15)31-19)21-13(5-17(25)29-21)12-4-16(24)28-20(8)12/h2-7H,1H3. The van der Waals surface area contributed by atoms with Gasteiger partial charge in [0.05, 0.1) is 18.5 Å². The Morgan fingerprint density at radius 1 is 0.484 bits per heavy atom. The van der Waals surface area contributed by atoms with Crippen LogP contribution in [-0.2, 0) is 0 Å². The summed E-state index contributed by atoms with van der Waals surface area (Å²) < 4.78 is 14.4. The molecule has 0 atom stereocenters. The molecule has 1 nitrogen and oxygen atoms in total. The highest BCUT2D eigenvalue weighted by atomic mass is 79.9. The highest BCUT2D eigenvalue weighted by Gasteiger charge is 2.19. The van der Waals surface area contributed by atoms with E-state index < -0.39 is 0 Å². The summed E-state index contributed by atoms with van der Waals surface area (Å²) in [6.45, 7) is 0. The van der Waals surface area contributed by atoms with Crippen LogP contribution in [0, 0.1) is 0 Å². The van der Waals surface area contributed by atoms with Gasteiger partial charge in [0.15, 0.2) is 5.06 Å². The van der Waals surface area contributed by atoms with E-state index in [1.807, 2.05) is 34.0 Å². The van der Waals surface area contributed by atoms with E-state index in [9.17, 15) is 0 Å². The molecule has 4 heterocycles. The van der Waals surface area contributed by atoms with Crippen LogP contribution in [0.15, 0.2) is 47.8 Å². The van der Waals surface area contributed by atoms with E-state index in [0.717, 1.165) is 8.85 Å². The third-order valence-electron chi connectivity index (χ3n) is 5.73. The molecule has 0 bridgehead atoms. The van der Waals surface area contributed by atoms with Gasteiger partial charge in [0, 0.05) is 68.0 Å². The predicted molar refractivity (Wildman–Crippen MR) is 153 cm³/mol. The van der Waals surface area contributed by atoms with E-state index in [1.54, 1.807) is 18.4 Å². The zero-order valence-electron chi connectivity index (χ0n) is 15.6. The Hall–Kier alpha value is -0.740. The molecule has 152 valence electrons. The van der Waals surface area contributed by atoms with E-state index in [0.29, 0.717) is 0 Å². The van der Waals surface area contributed by atoms with Gasteiger partial charge in [-0.2, -0.15) is 0 Å². The lowest BCUT2D eigenvalue weighted by Crippen LogP contribution is -1.80. The molecule has 0 aliphatic rings. The van der Waals surface area contributed by atoms with Crippen LogP contribution in [-0.4, -0.2) is 7.11 Å². The lowest BCUT2D eigenvalue weighted by Gasteiger charge is -2.08. The summed E-state index contributed by atoms with van der Waals surface area (Å²) >= 11 is 18.4. The Balaban J connectivity index is 1.81. The molecule has 0 amide bonds. The van der Waals surface area contributed by atoms with Crippen molar-refractivity contribution in [3.05, 3.63) is 47.8 Å². The van der Waals surface area contributed by atoms with E-state index >= 15 is 0 Å². The normalized spacial score (nSPS) is 12.5. The number of hydrogen-bond donors (Lipinski definition) is 0. The first-order chi connectivity index (χ1) is 15.0. The number of fused-ring (bicyclic) bond motifs is 12. The zero-order chi connectivity index (χ0) is 21.0. The maximum atomic E-state index is 5.63. The average molecular weight is 669 g/mol. The number of hydrogen-bond acceptors (Lipinski definition) is 5. The summed E-state index contributed by atoms with van der Waals surface area (Å²) in [7, 11) is 1.75. The minimum Gasteiger partial charge on any atom is -0.487 e. The van der Waals surface area contributed by atoms with Crippen molar-refractivity contribution in [3.63, 3.8) is 0 Å². The molecule has 0 unspecified atom stereocenters. The number of thiophene rings is 4. The molecular formula is C23H9Br3OS4. The largest absolute Gasteiger partial charge is 0.487 e.